The number of allylic oxidation sites excluding steroid dienone is 4. The lowest BCUT2D eigenvalue weighted by Gasteiger charge is -2.40. The predicted octanol–water partition coefficient (Wildman–Crippen LogP) is 6.28. The van der Waals surface area contributed by atoms with E-state index in [1.165, 1.54) is 89.9 Å². The lowest BCUT2D eigenvalue weighted by Crippen LogP contribution is -2.60. The minimum absolute atomic E-state index is 0.247. The van der Waals surface area contributed by atoms with Gasteiger partial charge in [0.1, 0.15) is 36.6 Å². The number of unbranched alkanes of at least 4 members (excludes halogenated alkanes) is 19. The molecule has 0 aliphatic carbocycles. The van der Waals surface area contributed by atoms with E-state index in [0.717, 1.165) is 38.5 Å². The third kappa shape index (κ3) is 23.6. The van der Waals surface area contributed by atoms with E-state index in [1.807, 2.05) is 0 Å². The van der Waals surface area contributed by atoms with Crippen LogP contribution in [0.5, 0.6) is 0 Å². The minimum atomic E-state index is -1.67. The van der Waals surface area contributed by atoms with Crippen molar-refractivity contribution < 1.29 is 50.0 Å². The smallest absolute Gasteiger partial charge is 0.249 e. The van der Waals surface area contributed by atoms with Crippen molar-refractivity contribution in [2.45, 2.75) is 229 Å². The fourth-order valence-corrected chi connectivity index (χ4v) is 6.81. The molecule has 11 heteroatoms. The van der Waals surface area contributed by atoms with Crippen LogP contribution in [-0.4, -0.2) is 110 Å². The van der Waals surface area contributed by atoms with Crippen molar-refractivity contribution in [3.63, 3.8) is 0 Å². The zero-order valence-corrected chi connectivity index (χ0v) is 34.0. The third-order valence-electron chi connectivity index (χ3n) is 10.5. The second kappa shape index (κ2) is 33.7. The Bertz CT molecular complexity index is 934. The van der Waals surface area contributed by atoms with Crippen molar-refractivity contribution in [2.24, 2.45) is 0 Å². The summed E-state index contributed by atoms with van der Waals surface area (Å²) in [6.07, 6.45) is 23.7. The molecule has 1 heterocycles. The molecule has 1 amide bonds. The fourth-order valence-electron chi connectivity index (χ4n) is 6.81. The molecule has 0 spiro atoms. The normalized spacial score (nSPS) is 22.9. The first kappa shape index (κ1) is 50.6. The maximum absolute atomic E-state index is 13.0. The Labute approximate surface area is 327 Å². The lowest BCUT2D eigenvalue weighted by molar-refractivity contribution is -0.303. The van der Waals surface area contributed by atoms with E-state index in [4.69, 9.17) is 9.47 Å². The van der Waals surface area contributed by atoms with Crippen LogP contribution in [0, 0.1) is 0 Å². The first-order chi connectivity index (χ1) is 26.2. The van der Waals surface area contributed by atoms with E-state index in [2.05, 4.69) is 43.5 Å². The molecule has 318 valence electrons. The molecule has 0 aromatic heterocycles. The highest BCUT2D eigenvalue weighted by atomic mass is 16.7. The van der Waals surface area contributed by atoms with Crippen molar-refractivity contribution in [2.75, 3.05) is 13.2 Å². The molecule has 0 radical (unpaired) electrons. The molecule has 0 bridgehead atoms. The van der Waals surface area contributed by atoms with Crippen LogP contribution >= 0.6 is 0 Å². The number of amides is 1. The van der Waals surface area contributed by atoms with Crippen LogP contribution in [0.1, 0.15) is 174 Å². The summed E-state index contributed by atoms with van der Waals surface area (Å²) in [4.78, 5) is 13.0. The van der Waals surface area contributed by atoms with Crippen LogP contribution in [-0.2, 0) is 14.3 Å². The monoisotopic (exact) mass is 772 g/mol. The topological polar surface area (TPSA) is 189 Å². The van der Waals surface area contributed by atoms with Gasteiger partial charge in [0.2, 0.25) is 5.91 Å². The van der Waals surface area contributed by atoms with Gasteiger partial charge >= 0.3 is 0 Å². The van der Waals surface area contributed by atoms with Gasteiger partial charge in [0.15, 0.2) is 6.29 Å². The van der Waals surface area contributed by atoms with Gasteiger partial charge in [0, 0.05) is 0 Å². The van der Waals surface area contributed by atoms with Gasteiger partial charge < -0.3 is 50.5 Å². The number of hydrogen-bond donors (Lipinski definition) is 8. The highest BCUT2D eigenvalue weighted by Gasteiger charge is 2.44. The Morgan fingerprint density at radius 1 is 0.630 bits per heavy atom. The van der Waals surface area contributed by atoms with Gasteiger partial charge in [0.05, 0.1) is 25.4 Å². The van der Waals surface area contributed by atoms with Crippen LogP contribution in [0.25, 0.3) is 0 Å². The lowest BCUT2D eigenvalue weighted by atomic mass is 9.98. The Balaban J connectivity index is 2.53. The number of rotatable bonds is 35. The van der Waals surface area contributed by atoms with Gasteiger partial charge in [-0.1, -0.05) is 147 Å². The molecule has 9 unspecified atom stereocenters. The van der Waals surface area contributed by atoms with Crippen LogP contribution in [0.15, 0.2) is 24.3 Å². The highest BCUT2D eigenvalue weighted by molar-refractivity contribution is 5.80. The standard InChI is InChI=1S/C43H81NO10/c1-3-5-7-9-11-13-15-17-19-21-23-25-27-29-31-36(47)42(52)44-34(33-53-43-41(51)40(50)39(49)37(32-45)54-43)38(48)35(46)30-28-26-24-22-20-18-16-14-12-10-8-6-4-2/h14,16,22,24,34-41,43,45-51H,3-13,15,17-21,23,25-33H2,1-2H3,(H,44,52)/b16-14+,24-22+. The van der Waals surface area contributed by atoms with Crippen molar-refractivity contribution in [3.8, 4) is 0 Å². The largest absolute Gasteiger partial charge is 0.394 e. The summed E-state index contributed by atoms with van der Waals surface area (Å²) < 4.78 is 11.0. The summed E-state index contributed by atoms with van der Waals surface area (Å²) in [5, 5.41) is 75.4. The quantitative estimate of drug-likeness (QED) is 0.0269. The maximum atomic E-state index is 13.0. The molecule has 1 saturated heterocycles. The van der Waals surface area contributed by atoms with E-state index >= 15 is 0 Å². The van der Waals surface area contributed by atoms with Gasteiger partial charge in [-0.15, -0.1) is 0 Å². The number of carbonyl (C=O) groups excluding carboxylic acids is 1. The molecule has 1 rings (SSSR count). The fraction of sp³-hybridized carbons (Fsp3) is 0.884. The molecular formula is C43H81NO10. The van der Waals surface area contributed by atoms with Crippen molar-refractivity contribution in [1.29, 1.82) is 0 Å². The van der Waals surface area contributed by atoms with Crippen LogP contribution in [0.3, 0.4) is 0 Å². The summed E-state index contributed by atoms with van der Waals surface area (Å²) in [7, 11) is 0. The van der Waals surface area contributed by atoms with E-state index in [0.29, 0.717) is 19.3 Å². The number of aliphatic hydroxyl groups is 7. The van der Waals surface area contributed by atoms with Gasteiger partial charge in [-0.05, 0) is 51.4 Å². The molecule has 54 heavy (non-hydrogen) atoms. The van der Waals surface area contributed by atoms with Crippen molar-refractivity contribution >= 4 is 5.91 Å². The van der Waals surface area contributed by atoms with Crippen LogP contribution in [0.4, 0.5) is 0 Å². The first-order valence-electron chi connectivity index (χ1n) is 21.7. The molecule has 9 atom stereocenters. The number of hydrogen-bond acceptors (Lipinski definition) is 10. The highest BCUT2D eigenvalue weighted by Crippen LogP contribution is 2.23. The average Bonchev–Trinajstić information content (AvgIpc) is 3.17. The van der Waals surface area contributed by atoms with E-state index in [-0.39, 0.29) is 12.8 Å². The van der Waals surface area contributed by atoms with E-state index < -0.39 is 74.2 Å². The first-order valence-corrected chi connectivity index (χ1v) is 21.7. The molecule has 8 N–H and O–H groups in total. The summed E-state index contributed by atoms with van der Waals surface area (Å²) in [6, 6.07) is -1.19. The Morgan fingerprint density at radius 3 is 1.65 bits per heavy atom. The maximum Gasteiger partial charge on any atom is 0.249 e. The minimum Gasteiger partial charge on any atom is -0.394 e. The molecule has 0 aromatic rings. The summed E-state index contributed by atoms with van der Waals surface area (Å²) >= 11 is 0. The molecule has 0 aromatic carbocycles. The molecule has 11 nitrogen and oxygen atoms in total. The Kier molecular flexibility index (Phi) is 31.6. The van der Waals surface area contributed by atoms with Gasteiger partial charge in [-0.25, -0.2) is 0 Å². The molecule has 1 aliphatic rings. The Morgan fingerprint density at radius 2 is 1.11 bits per heavy atom. The molecule has 1 aliphatic heterocycles. The van der Waals surface area contributed by atoms with Crippen molar-refractivity contribution in [3.05, 3.63) is 24.3 Å². The second-order valence-electron chi connectivity index (χ2n) is 15.4. The molecule has 0 saturated carbocycles. The van der Waals surface area contributed by atoms with E-state index in [1.54, 1.807) is 0 Å². The summed E-state index contributed by atoms with van der Waals surface area (Å²) in [5.74, 6) is -0.712. The van der Waals surface area contributed by atoms with Gasteiger partial charge in [0.25, 0.3) is 0 Å². The van der Waals surface area contributed by atoms with Crippen LogP contribution < -0.4 is 5.32 Å². The number of aliphatic hydroxyl groups excluding tert-OH is 7. The summed E-state index contributed by atoms with van der Waals surface area (Å²) in [6.45, 7) is 3.37. The number of ether oxygens (including phenoxy) is 2. The number of carbonyl (C=O) groups is 1. The predicted molar refractivity (Wildman–Crippen MR) is 215 cm³/mol. The zero-order valence-electron chi connectivity index (χ0n) is 34.0. The third-order valence-corrected chi connectivity index (χ3v) is 10.5. The average molecular weight is 772 g/mol. The Hall–Kier alpha value is -1.41. The second-order valence-corrected chi connectivity index (χ2v) is 15.4. The van der Waals surface area contributed by atoms with E-state index in [9.17, 15) is 40.5 Å². The van der Waals surface area contributed by atoms with Crippen LogP contribution in [0.2, 0.25) is 0 Å². The summed E-state index contributed by atoms with van der Waals surface area (Å²) in [5.41, 5.74) is 0. The zero-order chi connectivity index (χ0) is 39.8. The molecule has 1 fully saturated rings. The molecular weight excluding hydrogens is 690 g/mol. The van der Waals surface area contributed by atoms with Gasteiger partial charge in [-0.2, -0.15) is 0 Å². The number of nitrogens with one attached hydrogen (secondary N) is 1. The van der Waals surface area contributed by atoms with Gasteiger partial charge in [-0.3, -0.25) is 4.79 Å². The SMILES string of the molecule is CCCCCC/C=C/CC/C=C/CCCC(O)C(O)C(COC1OC(CO)C(O)C(O)C1O)NC(=O)C(O)CCCCCCCCCCCCCCCC. The van der Waals surface area contributed by atoms with Crippen molar-refractivity contribution in [1.82, 2.24) is 5.32 Å².